The highest BCUT2D eigenvalue weighted by molar-refractivity contribution is 8.01. The predicted octanol–water partition coefficient (Wildman–Crippen LogP) is 27.2. The lowest BCUT2D eigenvalue weighted by Crippen LogP contribution is -2.51. The van der Waals surface area contributed by atoms with E-state index in [2.05, 4.69) is 326 Å². The smallest absolute Gasteiger partial charge is 0.107 e. The minimum atomic E-state index is -1.99. The van der Waals surface area contributed by atoms with Crippen molar-refractivity contribution in [3.05, 3.63) is 38.5 Å². The zero-order valence-corrected chi connectivity index (χ0v) is 105. The van der Waals surface area contributed by atoms with Gasteiger partial charge in [0.05, 0.1) is 11.3 Å². The van der Waals surface area contributed by atoms with Gasteiger partial charge in [-0.1, -0.05) is 235 Å². The summed E-state index contributed by atoms with van der Waals surface area (Å²) >= 11 is 3.68. The summed E-state index contributed by atoms with van der Waals surface area (Å²) in [4.78, 5) is 29.5. The maximum Gasteiger partial charge on any atom is 0.107 e. The van der Waals surface area contributed by atoms with Crippen LogP contribution < -0.4 is 0 Å². The van der Waals surface area contributed by atoms with Gasteiger partial charge in [0.15, 0.2) is 0 Å². The molecule has 1 saturated carbocycles. The first-order chi connectivity index (χ1) is 64.9. The molecule has 142 heavy (non-hydrogen) atoms. The van der Waals surface area contributed by atoms with Gasteiger partial charge in [0.2, 0.25) is 0 Å². The van der Waals surface area contributed by atoms with Crippen LogP contribution in [0.3, 0.4) is 0 Å². The van der Waals surface area contributed by atoms with Crippen LogP contribution in [0.2, 0.25) is 0 Å². The fourth-order valence-electron chi connectivity index (χ4n) is 23.6. The second-order valence-corrected chi connectivity index (χ2v) is 68.9. The van der Waals surface area contributed by atoms with E-state index in [0.717, 1.165) is 128 Å². The summed E-state index contributed by atoms with van der Waals surface area (Å²) in [5.74, 6) is 13.1. The SMILES string of the molecule is C=S(C)(=O)C1(CN2CCC(C)(C(C)(C)C)CC2)CC1.C=S(C)(=O)CCN1CCC(C)(C(C)(C)C)CC1.C=S(C)(=O)N1CCC(C)(C(C)(C)C)CC1.CC(C)(C)C1(C)CCN(C2CCOCC2)CC1.CC(C)(C)C1(C)CCN(Cc2nccs2)CC1.CCN1CCC(CN2CCC(C)(C(C)(C)C)CC2)CC1.CCN1CCC(N2CCC(C)(C(C)(C)C)CC2)CC1.Cc1ccsc1CN1CCC(C)(C(C)(C)C)CC1. The Bertz CT molecular complexity index is 4290. The number of nitrogens with zero attached hydrogens (tertiary/aromatic N) is 11. The fraction of sp³-hybridized carbons (Fsp3) is 0.918. The van der Waals surface area contributed by atoms with Crippen LogP contribution in [0.15, 0.2) is 23.0 Å². The van der Waals surface area contributed by atoms with E-state index in [1.54, 1.807) is 28.7 Å². The first-order valence-corrected chi connectivity index (χ1v) is 66.0. The van der Waals surface area contributed by atoms with Gasteiger partial charge in [-0.2, -0.15) is 0 Å². The molecule has 2 aromatic rings. The summed E-state index contributed by atoms with van der Waals surface area (Å²) in [6.45, 7) is 118. The summed E-state index contributed by atoms with van der Waals surface area (Å²) in [5, 5.41) is 5.54. The summed E-state index contributed by atoms with van der Waals surface area (Å²) < 4.78 is 43.2. The highest BCUT2D eigenvalue weighted by atomic mass is 32.2. The number of aromatic nitrogens is 1. The molecular formula is C122H235N11O4S5. The average Bonchev–Trinajstić information content (AvgIpc) is 1.59. The molecule has 0 radical (unpaired) electrons. The Labute approximate surface area is 891 Å². The predicted molar refractivity (Wildman–Crippen MR) is 634 cm³/mol. The van der Waals surface area contributed by atoms with Crippen molar-refractivity contribution in [2.75, 3.05) is 201 Å². The van der Waals surface area contributed by atoms with Crippen molar-refractivity contribution in [2.45, 2.75) is 426 Å². The maximum atomic E-state index is 12.3. The Hall–Kier alpha value is -1.05. The standard InChI is InChI=1S/C18H36N2.C17H34N2.C16H31NOS.C16H27NS.C15H29NO.C14H24N2S.C14H29NOS.C12H25NOS/c1-6-19-11-7-16(8-12-19)15-20-13-9-18(5,10-14-20)17(2,3)4;1-6-18-11-7-15(8-12-18)19-13-9-17(5,10-14-19)16(2,3)4;1-14(2,3)15(4)9-11-17(12-10-15)13-16(7-8-16)19(5,6)18;1-13-6-11-18-14(13)12-17-9-7-16(5,8-10-17)15(2,3)4;1-14(2,3)15(4)7-9-16(10-8-15)13-5-11-17-12-6-13;1-13(2,3)14(4)5-8-16(9-6-14)11-12-15-7-10-17-12;1-13(2,3)14(4)7-9-15(10-8-14)11-12-17(5,6)16;1-11(2,3)12(4)7-9-13(10-8-12)15(5,6)14/h16H,6-15H2,1-5H3;15H,6-14H2,1-5H3;5,7-13H2,1-4,6H3;6,11H,7-10,12H2,1-5H3;13H,5-12H2,1-4H3;7,10H,5-6,8-9,11H2,1-4H3;5,7-12H2,1-4,6H3;5,7-10H2,1-4,6H3. The second kappa shape index (κ2) is 51.5. The Morgan fingerprint density at radius 3 is 0.958 bits per heavy atom. The topological polar surface area (TPSA) is 106 Å². The van der Waals surface area contributed by atoms with E-state index in [9.17, 15) is 12.6 Å². The highest BCUT2D eigenvalue weighted by Crippen LogP contribution is 2.55. The first kappa shape index (κ1) is 128. The summed E-state index contributed by atoms with van der Waals surface area (Å²) in [7, 11) is -5.70. The van der Waals surface area contributed by atoms with Crippen molar-refractivity contribution in [1.82, 2.24) is 53.4 Å². The van der Waals surface area contributed by atoms with Crippen LogP contribution in [-0.4, -0.2) is 302 Å². The second-order valence-electron chi connectivity index (χ2n) is 58.8. The average molecular weight is 2080 g/mol. The molecule has 0 bridgehead atoms. The first-order valence-electron chi connectivity index (χ1n) is 57.7. The van der Waals surface area contributed by atoms with E-state index in [-0.39, 0.29) is 4.75 Å². The monoisotopic (exact) mass is 2080 g/mol. The lowest BCUT2D eigenvalue weighted by molar-refractivity contribution is -0.0219. The molecule has 3 atom stereocenters. The zero-order valence-electron chi connectivity index (χ0n) is 101. The Kier molecular flexibility index (Phi) is 46.4. The molecule has 13 heterocycles. The molecule has 15 nitrogen and oxygen atoms in total. The van der Waals surface area contributed by atoms with Crippen LogP contribution in [0.5, 0.6) is 0 Å². The van der Waals surface area contributed by atoms with Crippen molar-refractivity contribution < 1.29 is 17.4 Å². The molecule has 11 aliphatic heterocycles. The van der Waals surface area contributed by atoms with E-state index >= 15 is 0 Å². The molecule has 0 spiro atoms. The molecule has 0 aromatic carbocycles. The van der Waals surface area contributed by atoms with Crippen LogP contribution >= 0.6 is 22.7 Å². The minimum absolute atomic E-state index is 0.0441. The highest BCUT2D eigenvalue weighted by Gasteiger charge is 2.52. The van der Waals surface area contributed by atoms with Gasteiger partial charge in [0.1, 0.15) is 5.01 Å². The number of rotatable bonds is 17. The van der Waals surface area contributed by atoms with E-state index in [1.165, 1.54) is 250 Å². The molecule has 14 rings (SSSR count). The number of ether oxygens (including phenoxy) is 1. The minimum Gasteiger partial charge on any atom is -0.381 e. The van der Waals surface area contributed by atoms with Crippen LogP contribution in [-0.2, 0) is 46.6 Å². The number of likely N-dealkylation sites (tertiary alicyclic amines) is 9. The molecule has 3 unspecified atom stereocenters. The molecule has 12 aliphatic rings. The van der Waals surface area contributed by atoms with Crippen molar-refractivity contribution in [1.29, 1.82) is 0 Å². The van der Waals surface area contributed by atoms with E-state index in [4.69, 9.17) is 4.74 Å². The fourth-order valence-corrected chi connectivity index (χ4v) is 28.3. The quantitative estimate of drug-likeness (QED) is 0.140. The van der Waals surface area contributed by atoms with Gasteiger partial charge in [-0.3, -0.25) is 22.4 Å². The van der Waals surface area contributed by atoms with Crippen molar-refractivity contribution in [3.63, 3.8) is 0 Å². The van der Waals surface area contributed by atoms with E-state index in [1.807, 2.05) is 28.1 Å². The molecule has 832 valence electrons. The van der Waals surface area contributed by atoms with Crippen molar-refractivity contribution in [3.8, 4) is 0 Å². The molecule has 0 amide bonds. The van der Waals surface area contributed by atoms with Gasteiger partial charge >= 0.3 is 0 Å². The lowest BCUT2D eigenvalue weighted by atomic mass is 9.62. The van der Waals surface area contributed by atoms with Gasteiger partial charge in [0, 0.05) is 115 Å². The maximum absolute atomic E-state index is 12.3. The number of thiazole rings is 1. The summed E-state index contributed by atoms with van der Waals surface area (Å²) in [6, 6.07) is 3.91. The largest absolute Gasteiger partial charge is 0.381 e. The molecular weight excluding hydrogens is 1840 g/mol. The Morgan fingerprint density at radius 1 is 0.366 bits per heavy atom. The van der Waals surface area contributed by atoms with Gasteiger partial charge in [-0.15, -0.1) is 22.7 Å². The third kappa shape index (κ3) is 37.1. The van der Waals surface area contributed by atoms with Crippen LogP contribution in [0.4, 0.5) is 0 Å². The van der Waals surface area contributed by atoms with Gasteiger partial charge < -0.3 is 39.0 Å². The number of thiophene rings is 1. The lowest BCUT2D eigenvalue weighted by Gasteiger charge is -2.50. The van der Waals surface area contributed by atoms with Gasteiger partial charge in [0.25, 0.3) is 0 Å². The van der Waals surface area contributed by atoms with Crippen LogP contribution in [0.25, 0.3) is 0 Å². The molecule has 1 aliphatic carbocycles. The summed E-state index contributed by atoms with van der Waals surface area (Å²) in [5.41, 5.74) is 8.58. The van der Waals surface area contributed by atoms with Crippen LogP contribution in [0.1, 0.15) is 405 Å². The number of piperidine rings is 10. The number of hydrogen-bond donors (Lipinski definition) is 0. The number of hydrogen-bond acceptors (Lipinski definition) is 16. The molecule has 12 fully saturated rings. The van der Waals surface area contributed by atoms with E-state index in [0.29, 0.717) is 86.6 Å². The summed E-state index contributed by atoms with van der Waals surface area (Å²) in [6.07, 6.45) is 38.3. The third-order valence-corrected chi connectivity index (χ3v) is 49.3. The van der Waals surface area contributed by atoms with Crippen LogP contribution in [0, 0.1) is 99.5 Å². The third-order valence-electron chi connectivity index (χ3n) is 42.6. The normalized spacial score (nSPS) is 26.0. The Morgan fingerprint density at radius 2 is 0.669 bits per heavy atom. The van der Waals surface area contributed by atoms with Gasteiger partial charge in [-0.05, 0) is 438 Å². The van der Waals surface area contributed by atoms with Crippen molar-refractivity contribution >= 4 is 69.0 Å². The van der Waals surface area contributed by atoms with Crippen molar-refractivity contribution in [2.24, 2.45) is 92.6 Å². The molecule has 2 aromatic heterocycles. The van der Waals surface area contributed by atoms with E-state index < -0.39 is 28.8 Å². The Balaban J connectivity index is 0.000000221. The van der Waals surface area contributed by atoms with Gasteiger partial charge in [-0.25, -0.2) is 9.29 Å². The zero-order chi connectivity index (χ0) is 107. The molecule has 20 heteroatoms. The molecule has 11 saturated heterocycles. The number of aryl methyl sites for hydroxylation is 1. The molecule has 0 N–H and O–H groups in total.